The molecule has 3 rings (SSSR count). The second-order valence-corrected chi connectivity index (χ2v) is 6.83. The van der Waals surface area contributed by atoms with Crippen molar-refractivity contribution in [2.24, 2.45) is 11.8 Å². The van der Waals surface area contributed by atoms with Gasteiger partial charge in [0.15, 0.2) is 0 Å². The third kappa shape index (κ3) is 3.15. The summed E-state index contributed by atoms with van der Waals surface area (Å²) in [6.07, 6.45) is 5.91. The summed E-state index contributed by atoms with van der Waals surface area (Å²) >= 11 is 0. The summed E-state index contributed by atoms with van der Waals surface area (Å²) < 4.78 is 2.10. The molecule has 1 aromatic rings. The average Bonchev–Trinajstić information content (AvgIpc) is 3.05. The Kier molecular flexibility index (Phi) is 4.18. The zero-order valence-electron chi connectivity index (χ0n) is 13.3. The van der Waals surface area contributed by atoms with E-state index in [1.165, 1.54) is 0 Å². The standard InChI is InChI=1S/C16H24N4O2/c1-11(2)8-20-9-12(7-15(20)21)16(22)18-13-3-4-14-17-5-6-19(14)10-13/h5-6,11-13H,3-4,7-10H2,1-2H3,(H,18,22). The van der Waals surface area contributed by atoms with E-state index in [9.17, 15) is 9.59 Å². The quantitative estimate of drug-likeness (QED) is 0.895. The van der Waals surface area contributed by atoms with E-state index in [-0.39, 0.29) is 23.8 Å². The molecule has 6 heteroatoms. The summed E-state index contributed by atoms with van der Waals surface area (Å²) in [6, 6.07) is 0.142. The highest BCUT2D eigenvalue weighted by molar-refractivity contribution is 5.89. The van der Waals surface area contributed by atoms with Gasteiger partial charge in [0.2, 0.25) is 11.8 Å². The summed E-state index contributed by atoms with van der Waals surface area (Å²) in [7, 11) is 0. The van der Waals surface area contributed by atoms with Gasteiger partial charge in [-0.15, -0.1) is 0 Å². The van der Waals surface area contributed by atoms with Crippen LogP contribution in [0.2, 0.25) is 0 Å². The first-order chi connectivity index (χ1) is 10.5. The Hall–Kier alpha value is -1.85. The van der Waals surface area contributed by atoms with Crippen molar-refractivity contribution in [3.63, 3.8) is 0 Å². The van der Waals surface area contributed by atoms with Crippen LogP contribution in [0.15, 0.2) is 12.4 Å². The number of fused-ring (bicyclic) bond motifs is 1. The molecule has 2 aliphatic rings. The first-order valence-corrected chi connectivity index (χ1v) is 8.11. The number of aryl methyl sites for hydroxylation is 1. The molecule has 2 unspecified atom stereocenters. The number of carbonyl (C=O) groups is 2. The summed E-state index contributed by atoms with van der Waals surface area (Å²) in [5.41, 5.74) is 0. The zero-order chi connectivity index (χ0) is 15.7. The normalized spacial score (nSPS) is 24.7. The molecule has 1 saturated heterocycles. The Morgan fingerprint density at radius 3 is 3.05 bits per heavy atom. The second kappa shape index (κ2) is 6.10. The van der Waals surface area contributed by atoms with Crippen LogP contribution >= 0.6 is 0 Å². The maximum atomic E-state index is 12.4. The minimum absolute atomic E-state index is 0.0215. The van der Waals surface area contributed by atoms with Crippen molar-refractivity contribution in [3.05, 3.63) is 18.2 Å². The molecule has 1 N–H and O–H groups in total. The lowest BCUT2D eigenvalue weighted by Crippen LogP contribution is -2.44. The molecule has 22 heavy (non-hydrogen) atoms. The molecule has 1 fully saturated rings. The second-order valence-electron chi connectivity index (χ2n) is 6.83. The van der Waals surface area contributed by atoms with E-state index in [0.717, 1.165) is 31.8 Å². The van der Waals surface area contributed by atoms with Crippen LogP contribution in [0.5, 0.6) is 0 Å². The third-order valence-electron chi connectivity index (χ3n) is 4.45. The van der Waals surface area contributed by atoms with E-state index in [4.69, 9.17) is 0 Å². The number of carbonyl (C=O) groups excluding carboxylic acids is 2. The summed E-state index contributed by atoms with van der Waals surface area (Å²) in [5.74, 6) is 1.45. The maximum absolute atomic E-state index is 12.4. The number of hydrogen-bond donors (Lipinski definition) is 1. The SMILES string of the molecule is CC(C)CN1CC(C(=O)NC2CCc3nccn3C2)CC1=O. The summed E-state index contributed by atoms with van der Waals surface area (Å²) in [5, 5.41) is 3.12. The molecule has 2 atom stereocenters. The summed E-state index contributed by atoms with van der Waals surface area (Å²) in [6.45, 7) is 6.25. The van der Waals surface area contributed by atoms with Crippen LogP contribution in [0.3, 0.4) is 0 Å². The fourth-order valence-corrected chi connectivity index (χ4v) is 3.37. The molecule has 0 aromatic carbocycles. The molecular formula is C16H24N4O2. The van der Waals surface area contributed by atoms with Crippen LogP contribution in [0.4, 0.5) is 0 Å². The van der Waals surface area contributed by atoms with E-state index in [1.807, 2.05) is 11.1 Å². The van der Waals surface area contributed by atoms with Gasteiger partial charge in [0.1, 0.15) is 5.82 Å². The number of rotatable bonds is 4. The van der Waals surface area contributed by atoms with Crippen molar-refractivity contribution in [2.75, 3.05) is 13.1 Å². The fourth-order valence-electron chi connectivity index (χ4n) is 3.37. The van der Waals surface area contributed by atoms with E-state index in [0.29, 0.717) is 18.9 Å². The Morgan fingerprint density at radius 2 is 2.27 bits per heavy atom. The lowest BCUT2D eigenvalue weighted by atomic mass is 10.0. The van der Waals surface area contributed by atoms with Crippen molar-refractivity contribution in [1.29, 1.82) is 0 Å². The van der Waals surface area contributed by atoms with Gasteiger partial charge in [-0.2, -0.15) is 0 Å². The Morgan fingerprint density at radius 1 is 1.45 bits per heavy atom. The Balaban J connectivity index is 1.54. The lowest BCUT2D eigenvalue weighted by molar-refractivity contribution is -0.129. The van der Waals surface area contributed by atoms with Crippen LogP contribution in [0, 0.1) is 11.8 Å². The number of nitrogens with one attached hydrogen (secondary N) is 1. The molecule has 0 aliphatic carbocycles. The highest BCUT2D eigenvalue weighted by Crippen LogP contribution is 2.20. The molecule has 3 heterocycles. The first-order valence-electron chi connectivity index (χ1n) is 8.11. The van der Waals surface area contributed by atoms with Crippen LogP contribution < -0.4 is 5.32 Å². The number of hydrogen-bond acceptors (Lipinski definition) is 3. The molecule has 1 aromatic heterocycles. The largest absolute Gasteiger partial charge is 0.351 e. The maximum Gasteiger partial charge on any atom is 0.225 e. The highest BCUT2D eigenvalue weighted by Gasteiger charge is 2.35. The Labute approximate surface area is 130 Å². The minimum atomic E-state index is -0.199. The molecular weight excluding hydrogens is 280 g/mol. The molecule has 0 radical (unpaired) electrons. The van der Waals surface area contributed by atoms with Gasteiger partial charge >= 0.3 is 0 Å². The van der Waals surface area contributed by atoms with Gasteiger partial charge in [0.05, 0.1) is 5.92 Å². The molecule has 120 valence electrons. The molecule has 0 bridgehead atoms. The van der Waals surface area contributed by atoms with E-state index in [1.54, 1.807) is 6.20 Å². The van der Waals surface area contributed by atoms with Crippen molar-refractivity contribution in [2.45, 2.75) is 45.7 Å². The third-order valence-corrected chi connectivity index (χ3v) is 4.45. The van der Waals surface area contributed by atoms with Crippen LogP contribution in [-0.4, -0.2) is 45.4 Å². The minimum Gasteiger partial charge on any atom is -0.351 e. The number of likely N-dealkylation sites (tertiary alicyclic amines) is 1. The zero-order valence-corrected chi connectivity index (χ0v) is 13.3. The number of nitrogens with zero attached hydrogens (tertiary/aromatic N) is 3. The summed E-state index contributed by atoms with van der Waals surface area (Å²) in [4.78, 5) is 30.5. The van der Waals surface area contributed by atoms with Crippen molar-refractivity contribution < 1.29 is 9.59 Å². The van der Waals surface area contributed by atoms with Gasteiger partial charge in [-0.25, -0.2) is 4.98 Å². The number of aromatic nitrogens is 2. The van der Waals surface area contributed by atoms with Gasteiger partial charge in [-0.3, -0.25) is 9.59 Å². The van der Waals surface area contributed by atoms with E-state index >= 15 is 0 Å². The van der Waals surface area contributed by atoms with Gasteiger partial charge in [-0.05, 0) is 12.3 Å². The molecule has 0 spiro atoms. The Bertz CT molecular complexity index is 566. The lowest BCUT2D eigenvalue weighted by Gasteiger charge is -2.26. The number of amides is 2. The smallest absolute Gasteiger partial charge is 0.225 e. The monoisotopic (exact) mass is 304 g/mol. The van der Waals surface area contributed by atoms with Gasteiger partial charge < -0.3 is 14.8 Å². The molecule has 6 nitrogen and oxygen atoms in total. The van der Waals surface area contributed by atoms with E-state index < -0.39 is 0 Å². The first kappa shape index (κ1) is 15.1. The van der Waals surface area contributed by atoms with Gasteiger partial charge in [-0.1, -0.05) is 13.8 Å². The van der Waals surface area contributed by atoms with Crippen LogP contribution in [-0.2, 0) is 22.6 Å². The predicted molar refractivity (Wildman–Crippen MR) is 82.0 cm³/mol. The average molecular weight is 304 g/mol. The topological polar surface area (TPSA) is 67.2 Å². The van der Waals surface area contributed by atoms with Crippen LogP contribution in [0.1, 0.15) is 32.5 Å². The number of imidazole rings is 1. The molecule has 2 amide bonds. The van der Waals surface area contributed by atoms with E-state index in [2.05, 4.69) is 28.7 Å². The van der Waals surface area contributed by atoms with Crippen molar-refractivity contribution in [1.82, 2.24) is 19.8 Å². The predicted octanol–water partition coefficient (Wildman–Crippen LogP) is 0.819. The van der Waals surface area contributed by atoms with Gasteiger partial charge in [0, 0.05) is 50.9 Å². The van der Waals surface area contributed by atoms with Crippen molar-refractivity contribution in [3.8, 4) is 0 Å². The van der Waals surface area contributed by atoms with Crippen molar-refractivity contribution >= 4 is 11.8 Å². The molecule has 2 aliphatic heterocycles. The van der Waals surface area contributed by atoms with Gasteiger partial charge in [0.25, 0.3) is 0 Å². The molecule has 0 saturated carbocycles. The highest BCUT2D eigenvalue weighted by atomic mass is 16.2. The fraction of sp³-hybridized carbons (Fsp3) is 0.688. The van der Waals surface area contributed by atoms with Crippen LogP contribution in [0.25, 0.3) is 0 Å².